The topological polar surface area (TPSA) is 55.0 Å². The van der Waals surface area contributed by atoms with Crippen molar-refractivity contribution in [2.24, 2.45) is 0 Å². The van der Waals surface area contributed by atoms with Crippen LogP contribution >= 0.6 is 11.8 Å². The molecule has 22 heavy (non-hydrogen) atoms. The molecule has 114 valence electrons. The summed E-state index contributed by atoms with van der Waals surface area (Å²) in [6, 6.07) is 15.3. The molecular formula is C16H16N2O2S2. The Morgan fingerprint density at radius 2 is 2.05 bits per heavy atom. The molecule has 0 fully saturated rings. The van der Waals surface area contributed by atoms with Crippen LogP contribution in [-0.2, 0) is 10.8 Å². The molecule has 0 saturated heterocycles. The molecule has 1 heterocycles. The van der Waals surface area contributed by atoms with Crippen LogP contribution in [0.3, 0.4) is 0 Å². The predicted octanol–water partition coefficient (Wildman–Crippen LogP) is 3.47. The van der Waals surface area contributed by atoms with E-state index < -0.39 is 10.8 Å². The summed E-state index contributed by atoms with van der Waals surface area (Å²) in [6.45, 7) is 0. The first kappa shape index (κ1) is 15.1. The molecule has 0 amide bonds. The second kappa shape index (κ2) is 6.98. The molecule has 0 bridgehead atoms. The molecule has 0 aliphatic rings. The van der Waals surface area contributed by atoms with Crippen molar-refractivity contribution in [3.05, 3.63) is 48.5 Å². The zero-order valence-corrected chi connectivity index (χ0v) is 13.7. The van der Waals surface area contributed by atoms with Crippen LogP contribution in [-0.4, -0.2) is 32.8 Å². The zero-order chi connectivity index (χ0) is 15.4. The lowest BCUT2D eigenvalue weighted by atomic mass is 10.3. The van der Waals surface area contributed by atoms with Crippen molar-refractivity contribution in [1.29, 1.82) is 0 Å². The number of hydrogen-bond acceptors (Lipinski definition) is 4. The third kappa shape index (κ3) is 3.51. The van der Waals surface area contributed by atoms with Gasteiger partial charge in [0.1, 0.15) is 5.75 Å². The van der Waals surface area contributed by atoms with Gasteiger partial charge in [-0.25, -0.2) is 4.98 Å². The number of benzene rings is 2. The van der Waals surface area contributed by atoms with Crippen LogP contribution < -0.4 is 4.74 Å². The third-order valence-corrected chi connectivity index (χ3v) is 5.69. The van der Waals surface area contributed by atoms with E-state index in [1.54, 1.807) is 18.9 Å². The lowest BCUT2D eigenvalue weighted by molar-refractivity contribution is 0.415. The van der Waals surface area contributed by atoms with E-state index in [1.807, 2.05) is 48.5 Å². The van der Waals surface area contributed by atoms with Crippen molar-refractivity contribution in [3.63, 3.8) is 0 Å². The Morgan fingerprint density at radius 1 is 1.23 bits per heavy atom. The highest BCUT2D eigenvalue weighted by molar-refractivity contribution is 8.00. The smallest absolute Gasteiger partial charge is 0.166 e. The fourth-order valence-electron chi connectivity index (χ4n) is 2.06. The van der Waals surface area contributed by atoms with Gasteiger partial charge in [0.05, 0.1) is 28.9 Å². The molecule has 3 rings (SSSR count). The average molecular weight is 332 g/mol. The van der Waals surface area contributed by atoms with Gasteiger partial charge in [-0.3, -0.25) is 4.21 Å². The van der Waals surface area contributed by atoms with Crippen LogP contribution in [0, 0.1) is 0 Å². The molecule has 0 saturated carbocycles. The van der Waals surface area contributed by atoms with Gasteiger partial charge < -0.3 is 9.72 Å². The van der Waals surface area contributed by atoms with Crippen LogP contribution in [0.5, 0.6) is 5.75 Å². The fourth-order valence-corrected chi connectivity index (χ4v) is 4.24. The van der Waals surface area contributed by atoms with E-state index >= 15 is 0 Å². The van der Waals surface area contributed by atoms with Gasteiger partial charge in [-0.1, -0.05) is 30.0 Å². The zero-order valence-electron chi connectivity index (χ0n) is 12.1. The Bertz CT molecular complexity index is 787. The predicted molar refractivity (Wildman–Crippen MR) is 91.1 cm³/mol. The van der Waals surface area contributed by atoms with E-state index in [-0.39, 0.29) is 0 Å². The largest absolute Gasteiger partial charge is 0.497 e. The maximum Gasteiger partial charge on any atom is 0.166 e. The van der Waals surface area contributed by atoms with Crippen molar-refractivity contribution in [2.45, 2.75) is 10.1 Å². The van der Waals surface area contributed by atoms with Gasteiger partial charge in [-0.15, -0.1) is 0 Å². The first-order valence-electron chi connectivity index (χ1n) is 6.86. The number of fused-ring (bicyclic) bond motifs is 1. The number of ether oxygens (including phenoxy) is 1. The van der Waals surface area contributed by atoms with E-state index in [1.165, 1.54) is 0 Å². The number of nitrogens with one attached hydrogen (secondary N) is 1. The molecule has 4 nitrogen and oxygen atoms in total. The maximum absolute atomic E-state index is 12.1. The number of aromatic nitrogens is 2. The lowest BCUT2D eigenvalue weighted by Crippen LogP contribution is -2.00. The normalized spacial score (nSPS) is 12.4. The minimum Gasteiger partial charge on any atom is -0.497 e. The molecule has 3 aromatic rings. The molecule has 0 spiro atoms. The van der Waals surface area contributed by atoms with Gasteiger partial charge in [-0.05, 0) is 24.3 Å². The highest BCUT2D eigenvalue weighted by Gasteiger charge is 2.07. The average Bonchev–Trinajstić information content (AvgIpc) is 2.97. The van der Waals surface area contributed by atoms with Gasteiger partial charge in [0, 0.05) is 22.5 Å². The second-order valence-electron chi connectivity index (χ2n) is 4.64. The van der Waals surface area contributed by atoms with Gasteiger partial charge in [0.25, 0.3) is 0 Å². The molecule has 0 radical (unpaired) electrons. The summed E-state index contributed by atoms with van der Waals surface area (Å²) < 4.78 is 17.3. The summed E-state index contributed by atoms with van der Waals surface area (Å²) in [5, 5.41) is 0.841. The SMILES string of the molecule is COc1ccc2nc(SCC[S@@](=O)c3ccccc3)[nH]c2c1. The van der Waals surface area contributed by atoms with Crippen LogP contribution in [0.15, 0.2) is 58.6 Å². The van der Waals surface area contributed by atoms with Crippen molar-refractivity contribution < 1.29 is 8.95 Å². The number of H-pyrrole nitrogens is 1. The minimum absolute atomic E-state index is 0.606. The van der Waals surface area contributed by atoms with Gasteiger partial charge in [0.2, 0.25) is 0 Å². The van der Waals surface area contributed by atoms with Crippen LogP contribution in [0.4, 0.5) is 0 Å². The monoisotopic (exact) mass is 332 g/mol. The molecular weight excluding hydrogens is 316 g/mol. The number of aromatic amines is 1. The molecule has 1 N–H and O–H groups in total. The van der Waals surface area contributed by atoms with E-state index in [9.17, 15) is 4.21 Å². The van der Waals surface area contributed by atoms with Crippen LogP contribution in [0.1, 0.15) is 0 Å². The summed E-state index contributed by atoms with van der Waals surface area (Å²) in [6.07, 6.45) is 0. The summed E-state index contributed by atoms with van der Waals surface area (Å²) >= 11 is 1.58. The van der Waals surface area contributed by atoms with Crippen molar-refractivity contribution >= 4 is 33.6 Å². The minimum atomic E-state index is -0.962. The summed E-state index contributed by atoms with van der Waals surface area (Å²) in [4.78, 5) is 8.64. The number of thioether (sulfide) groups is 1. The van der Waals surface area contributed by atoms with Gasteiger partial charge in [-0.2, -0.15) is 0 Å². The van der Waals surface area contributed by atoms with E-state index in [2.05, 4.69) is 9.97 Å². The lowest BCUT2D eigenvalue weighted by Gasteiger charge is -2.00. The fraction of sp³-hybridized carbons (Fsp3) is 0.188. The Morgan fingerprint density at radius 3 is 2.82 bits per heavy atom. The summed E-state index contributed by atoms with van der Waals surface area (Å²) in [7, 11) is 0.683. The first-order valence-corrected chi connectivity index (χ1v) is 9.17. The maximum atomic E-state index is 12.1. The third-order valence-electron chi connectivity index (χ3n) is 3.18. The number of hydrogen-bond donors (Lipinski definition) is 1. The number of nitrogens with zero attached hydrogens (tertiary/aromatic N) is 1. The number of rotatable bonds is 6. The summed E-state index contributed by atoms with van der Waals surface area (Å²) in [5.41, 5.74) is 1.86. The van der Waals surface area contributed by atoms with Gasteiger partial charge >= 0.3 is 0 Å². The Labute approximate surface area is 135 Å². The molecule has 0 aliphatic heterocycles. The van der Waals surface area contributed by atoms with E-state index in [0.29, 0.717) is 5.75 Å². The van der Waals surface area contributed by atoms with Crippen molar-refractivity contribution in [1.82, 2.24) is 9.97 Å². The molecule has 1 aromatic heterocycles. The van der Waals surface area contributed by atoms with Crippen LogP contribution in [0.2, 0.25) is 0 Å². The van der Waals surface area contributed by atoms with Crippen LogP contribution in [0.25, 0.3) is 11.0 Å². The van der Waals surface area contributed by atoms with Crippen molar-refractivity contribution in [2.75, 3.05) is 18.6 Å². The Kier molecular flexibility index (Phi) is 4.80. The highest BCUT2D eigenvalue weighted by atomic mass is 32.2. The molecule has 6 heteroatoms. The first-order chi connectivity index (χ1) is 10.8. The molecule has 2 aromatic carbocycles. The second-order valence-corrected chi connectivity index (χ2v) is 7.29. The Balaban J connectivity index is 1.61. The summed E-state index contributed by atoms with van der Waals surface area (Å²) in [5.74, 6) is 2.16. The van der Waals surface area contributed by atoms with Gasteiger partial charge in [0.15, 0.2) is 5.16 Å². The molecule has 1 atom stereocenters. The number of methoxy groups -OCH3 is 1. The molecule has 0 unspecified atom stereocenters. The van der Waals surface area contributed by atoms with Crippen molar-refractivity contribution in [3.8, 4) is 5.75 Å². The van der Waals surface area contributed by atoms with E-state index in [0.717, 1.165) is 32.6 Å². The highest BCUT2D eigenvalue weighted by Crippen LogP contribution is 2.23. The standard InChI is InChI=1S/C16H16N2O2S2/c1-20-12-7-8-14-15(11-12)18-16(17-14)21-9-10-22(19)13-5-3-2-4-6-13/h2-8,11H,9-10H2,1H3,(H,17,18)/t22-/m1/s1. The van der Waals surface area contributed by atoms with E-state index in [4.69, 9.17) is 4.74 Å². The Hall–Kier alpha value is -1.79. The molecule has 0 aliphatic carbocycles. The number of imidazole rings is 1. The quantitative estimate of drug-likeness (QED) is 0.702.